The SMILES string of the molecule is C=Cc1ccc(C(NC(=O)[C@@H](NC(=O)OC(C)(C)C)C(C)(C)C)C(=O)Nc2ccccc2C(=O)NS(=O)(=O)c2ccc(C(F)(F)F)cc2)cc1Oc1cc(OC)nc(-c2ccccc2)n1. The van der Waals surface area contributed by atoms with Crippen molar-refractivity contribution < 1.29 is 55.0 Å². The van der Waals surface area contributed by atoms with Crippen LogP contribution < -0.4 is 30.1 Å². The average Bonchev–Trinajstić information content (AvgIpc) is 3.23. The van der Waals surface area contributed by atoms with E-state index >= 15 is 0 Å². The second-order valence-electron chi connectivity index (χ2n) is 16.4. The quantitative estimate of drug-likeness (QED) is 0.0832. The molecular weight excluding hydrogens is 870 g/mol. The zero-order chi connectivity index (χ0) is 47.9. The maximum atomic E-state index is 14.6. The average molecular weight is 917 g/mol. The van der Waals surface area contributed by atoms with Gasteiger partial charge in [0.2, 0.25) is 17.7 Å². The summed E-state index contributed by atoms with van der Waals surface area (Å²) in [5, 5.41) is 7.88. The highest BCUT2D eigenvalue weighted by Gasteiger charge is 2.37. The number of alkyl halides is 3. The topological polar surface area (TPSA) is 204 Å². The minimum Gasteiger partial charge on any atom is -0.481 e. The number of sulfonamides is 1. The van der Waals surface area contributed by atoms with Crippen molar-refractivity contribution in [1.29, 1.82) is 0 Å². The maximum Gasteiger partial charge on any atom is 0.416 e. The monoisotopic (exact) mass is 916 g/mol. The summed E-state index contributed by atoms with van der Waals surface area (Å²) in [5.41, 5.74) is -2.32. The van der Waals surface area contributed by atoms with Crippen LogP contribution in [0.4, 0.5) is 23.7 Å². The molecule has 0 radical (unpaired) electrons. The molecule has 0 fully saturated rings. The normalized spacial score (nSPS) is 12.8. The maximum absolute atomic E-state index is 14.6. The number of nitrogens with zero attached hydrogens (tertiary/aromatic N) is 2. The van der Waals surface area contributed by atoms with Crippen LogP contribution in [0.25, 0.3) is 17.5 Å². The third-order valence-electron chi connectivity index (χ3n) is 9.21. The van der Waals surface area contributed by atoms with E-state index in [2.05, 4.69) is 32.5 Å². The lowest BCUT2D eigenvalue weighted by Crippen LogP contribution is -2.55. The van der Waals surface area contributed by atoms with E-state index in [1.54, 1.807) is 71.9 Å². The first-order valence-corrected chi connectivity index (χ1v) is 21.2. The van der Waals surface area contributed by atoms with Crippen molar-refractivity contribution in [2.75, 3.05) is 12.4 Å². The highest BCUT2D eigenvalue weighted by atomic mass is 32.2. The molecule has 4 amide bonds. The van der Waals surface area contributed by atoms with Crippen LogP contribution in [0, 0.1) is 5.41 Å². The third kappa shape index (κ3) is 12.9. The van der Waals surface area contributed by atoms with Gasteiger partial charge in [-0.15, -0.1) is 0 Å². The third-order valence-corrected chi connectivity index (χ3v) is 10.6. The number of hydrogen-bond donors (Lipinski definition) is 4. The molecule has 19 heteroatoms. The summed E-state index contributed by atoms with van der Waals surface area (Å²) in [6.07, 6.45) is -4.15. The lowest BCUT2D eigenvalue weighted by Gasteiger charge is -2.32. The highest BCUT2D eigenvalue weighted by Crippen LogP contribution is 2.33. The van der Waals surface area contributed by atoms with E-state index in [1.807, 2.05) is 10.8 Å². The second-order valence-corrected chi connectivity index (χ2v) is 18.1. The summed E-state index contributed by atoms with van der Waals surface area (Å²) in [5.74, 6) is -2.38. The Morgan fingerprint density at radius 3 is 2.00 bits per heavy atom. The number of rotatable bonds is 14. The van der Waals surface area contributed by atoms with Gasteiger partial charge < -0.3 is 30.2 Å². The first kappa shape index (κ1) is 48.7. The number of benzene rings is 4. The molecule has 5 aromatic rings. The van der Waals surface area contributed by atoms with E-state index in [4.69, 9.17) is 14.2 Å². The molecule has 65 heavy (non-hydrogen) atoms. The lowest BCUT2D eigenvalue weighted by atomic mass is 9.86. The van der Waals surface area contributed by atoms with Crippen LogP contribution >= 0.6 is 0 Å². The Bertz CT molecular complexity index is 2680. The summed E-state index contributed by atoms with van der Waals surface area (Å²) in [4.78, 5) is 63.7. The van der Waals surface area contributed by atoms with E-state index in [9.17, 15) is 40.8 Å². The van der Waals surface area contributed by atoms with Crippen LogP contribution in [-0.2, 0) is 30.5 Å². The Morgan fingerprint density at radius 2 is 1.40 bits per heavy atom. The number of nitrogens with one attached hydrogen (secondary N) is 4. The number of para-hydroxylation sites is 1. The van der Waals surface area contributed by atoms with Crippen molar-refractivity contribution >= 4 is 45.6 Å². The molecule has 0 aliphatic carbocycles. The molecule has 0 aliphatic rings. The van der Waals surface area contributed by atoms with E-state index in [0.717, 1.165) is 0 Å². The van der Waals surface area contributed by atoms with Crippen LogP contribution in [0.3, 0.4) is 0 Å². The molecule has 2 atom stereocenters. The van der Waals surface area contributed by atoms with E-state index < -0.39 is 73.6 Å². The van der Waals surface area contributed by atoms with Gasteiger partial charge in [-0.05, 0) is 74.2 Å². The predicted octanol–water partition coefficient (Wildman–Crippen LogP) is 8.46. The van der Waals surface area contributed by atoms with Gasteiger partial charge in [0, 0.05) is 11.1 Å². The van der Waals surface area contributed by atoms with Crippen molar-refractivity contribution in [3.63, 3.8) is 0 Å². The number of amides is 4. The lowest BCUT2D eigenvalue weighted by molar-refractivity contribution is -0.137. The number of aromatic nitrogens is 2. The fourth-order valence-electron chi connectivity index (χ4n) is 6.06. The van der Waals surface area contributed by atoms with Gasteiger partial charge in [0.25, 0.3) is 21.8 Å². The van der Waals surface area contributed by atoms with E-state index in [1.165, 1.54) is 55.7 Å². The first-order valence-electron chi connectivity index (χ1n) is 19.8. The highest BCUT2D eigenvalue weighted by molar-refractivity contribution is 7.90. The van der Waals surface area contributed by atoms with Gasteiger partial charge in [0.1, 0.15) is 23.4 Å². The molecular formula is C46H47F3N6O9S. The van der Waals surface area contributed by atoms with Gasteiger partial charge in [-0.1, -0.05) is 88.0 Å². The molecule has 0 aliphatic heterocycles. The summed E-state index contributed by atoms with van der Waals surface area (Å²) in [6.45, 7) is 13.9. The Kier molecular flexibility index (Phi) is 14.7. The number of anilines is 1. The van der Waals surface area contributed by atoms with Crippen LogP contribution in [0.15, 0.2) is 115 Å². The molecule has 1 unspecified atom stereocenters. The summed E-state index contributed by atoms with van der Waals surface area (Å²) in [7, 11) is -3.29. The van der Waals surface area contributed by atoms with Gasteiger partial charge in [0.15, 0.2) is 5.82 Å². The Morgan fingerprint density at radius 1 is 0.769 bits per heavy atom. The Labute approximate surface area is 373 Å². The van der Waals surface area contributed by atoms with Gasteiger partial charge in [-0.3, -0.25) is 14.4 Å². The number of methoxy groups -OCH3 is 1. The number of carbonyl (C=O) groups excluding carboxylic acids is 4. The van der Waals surface area contributed by atoms with Crippen molar-refractivity contribution in [3.8, 4) is 28.9 Å². The van der Waals surface area contributed by atoms with Crippen LogP contribution in [0.2, 0.25) is 0 Å². The minimum absolute atomic E-state index is 0.0431. The van der Waals surface area contributed by atoms with Crippen LogP contribution in [0.1, 0.15) is 74.6 Å². The number of hydrogen-bond acceptors (Lipinski definition) is 11. The van der Waals surface area contributed by atoms with Crippen molar-refractivity contribution in [2.24, 2.45) is 5.41 Å². The Balaban J connectivity index is 1.54. The fraction of sp³-hybridized carbons (Fsp3) is 0.261. The summed E-state index contributed by atoms with van der Waals surface area (Å²) >= 11 is 0. The molecule has 0 saturated heterocycles. The smallest absolute Gasteiger partial charge is 0.416 e. The summed E-state index contributed by atoms with van der Waals surface area (Å²) in [6, 6.07) is 19.9. The largest absolute Gasteiger partial charge is 0.481 e. The Hall–Kier alpha value is -7.28. The molecule has 4 N–H and O–H groups in total. The standard InChI is InChI=1S/C46H47F3N6O9S/c1-9-27-19-20-29(25-34(27)63-36-26-35(62-8)51-39(52-36)28-15-11-10-12-16-28)37(53-42(58)38(44(2,3)4)54-43(59)64-45(5,6)7)41(57)50-33-18-14-13-17-32(33)40(56)55-65(60,61)31-23-21-30(22-24-31)46(47,48)49/h9-26,37-38H,1H2,2-8H3,(H,50,57)(H,53,58)(H,54,59)(H,55,56)/t37?,38-/m1/s1. The fourth-order valence-corrected chi connectivity index (χ4v) is 7.02. The molecule has 1 heterocycles. The van der Waals surface area contributed by atoms with Crippen molar-refractivity contribution in [2.45, 2.75) is 70.3 Å². The van der Waals surface area contributed by atoms with Gasteiger partial charge in [-0.25, -0.2) is 17.9 Å². The molecule has 5 rings (SSSR count). The second kappa shape index (κ2) is 19.6. The number of halogens is 3. The predicted molar refractivity (Wildman–Crippen MR) is 235 cm³/mol. The first-order chi connectivity index (χ1) is 30.4. The molecule has 0 saturated carbocycles. The molecule has 1 aromatic heterocycles. The molecule has 0 bridgehead atoms. The zero-order valence-electron chi connectivity index (χ0n) is 36.4. The van der Waals surface area contributed by atoms with E-state index in [0.29, 0.717) is 35.4 Å². The number of alkyl carbamates (subject to hydrolysis) is 1. The van der Waals surface area contributed by atoms with E-state index in [-0.39, 0.29) is 40.1 Å². The van der Waals surface area contributed by atoms with Crippen LogP contribution in [0.5, 0.6) is 17.5 Å². The van der Waals surface area contributed by atoms with Crippen molar-refractivity contribution in [3.05, 3.63) is 132 Å². The van der Waals surface area contributed by atoms with Crippen molar-refractivity contribution in [1.82, 2.24) is 25.3 Å². The molecule has 0 spiro atoms. The summed E-state index contributed by atoms with van der Waals surface area (Å²) < 4.78 is 84.6. The van der Waals surface area contributed by atoms with Gasteiger partial charge in [-0.2, -0.15) is 23.1 Å². The van der Waals surface area contributed by atoms with Gasteiger partial charge in [0.05, 0.1) is 34.9 Å². The van der Waals surface area contributed by atoms with Gasteiger partial charge >= 0.3 is 12.3 Å². The minimum atomic E-state index is -4.73. The number of ether oxygens (including phenoxy) is 3. The zero-order valence-corrected chi connectivity index (χ0v) is 37.2. The van der Waals surface area contributed by atoms with Crippen LogP contribution in [-0.4, -0.2) is 61.0 Å². The molecule has 4 aromatic carbocycles. The molecule has 342 valence electrons. The number of carbonyl (C=O) groups is 4. The molecule has 15 nitrogen and oxygen atoms in total.